The summed E-state index contributed by atoms with van der Waals surface area (Å²) in [7, 11) is 0. The number of H-pyrrole nitrogens is 1. The number of halogens is 5. The summed E-state index contributed by atoms with van der Waals surface area (Å²) >= 11 is 23.1. The zero-order valence-corrected chi connectivity index (χ0v) is 12.8. The Morgan fingerprint density at radius 1 is 1.16 bits per heavy atom. The van der Waals surface area contributed by atoms with Gasteiger partial charge in [-0.05, 0) is 12.1 Å². The highest BCUT2D eigenvalue weighted by Crippen LogP contribution is 2.30. The molecule has 0 aliphatic rings. The van der Waals surface area contributed by atoms with Gasteiger partial charge in [-0.25, -0.2) is 4.98 Å². The molecule has 0 saturated carbocycles. The number of carbonyl (C=O) groups is 1. The van der Waals surface area contributed by atoms with Gasteiger partial charge in [0.1, 0.15) is 5.15 Å². The molecule has 102 valence electrons. The average molecular weight is 360 g/mol. The highest BCUT2D eigenvalue weighted by atomic mass is 35.5. The molecule has 1 amide bonds. The van der Waals surface area contributed by atoms with Crippen molar-refractivity contribution in [1.82, 2.24) is 9.97 Å². The topological polar surface area (TPSA) is 57.8 Å². The number of imidazole rings is 1. The summed E-state index contributed by atoms with van der Waals surface area (Å²) in [4.78, 5) is 18.1. The standard InChI is InChI=1S/C10H5Cl4N3O.ClH/c11-4-2-1-3-5(12)6(4)15-10(18)9-16-7(13)8(14)17-9;/h1-3H,(H,15,18)(H,16,17);1H/p-1. The van der Waals surface area contributed by atoms with Crippen molar-refractivity contribution >= 4 is 58.0 Å². The fourth-order valence-electron chi connectivity index (χ4n) is 1.23. The van der Waals surface area contributed by atoms with Crippen LogP contribution in [-0.4, -0.2) is 15.9 Å². The number of benzene rings is 1. The first kappa shape index (κ1) is 16.4. The van der Waals surface area contributed by atoms with E-state index in [-0.39, 0.29) is 28.5 Å². The molecule has 2 rings (SSSR count). The molecule has 0 aliphatic heterocycles. The molecule has 9 heteroatoms. The molecule has 2 aromatic rings. The van der Waals surface area contributed by atoms with Crippen molar-refractivity contribution < 1.29 is 17.2 Å². The molecule has 0 radical (unpaired) electrons. The number of hydrogen-bond acceptors (Lipinski definition) is 2. The maximum Gasteiger partial charge on any atom is 0.291 e. The van der Waals surface area contributed by atoms with Gasteiger partial charge in [0.2, 0.25) is 0 Å². The fourth-order valence-corrected chi connectivity index (χ4v) is 1.98. The number of anilines is 1. The SMILES string of the molecule is O=C(Nc1c(Cl)cccc1Cl)c1nc(Cl)c(Cl)[nH]1.[Cl-]. The van der Waals surface area contributed by atoms with Crippen molar-refractivity contribution in [2.75, 3.05) is 5.32 Å². The van der Waals surface area contributed by atoms with E-state index in [1.165, 1.54) is 0 Å². The number of nitrogens with zero attached hydrogens (tertiary/aromatic N) is 1. The predicted octanol–water partition coefficient (Wildman–Crippen LogP) is 1.28. The van der Waals surface area contributed by atoms with Crippen LogP contribution in [0, 0.1) is 0 Å². The second-order valence-corrected chi connectivity index (χ2v) is 4.79. The van der Waals surface area contributed by atoms with Crippen molar-refractivity contribution in [2.45, 2.75) is 0 Å². The second kappa shape index (κ2) is 6.68. The molecule has 1 heterocycles. The Hall–Kier alpha value is -0.650. The Labute approximate surface area is 134 Å². The summed E-state index contributed by atoms with van der Waals surface area (Å²) in [5.41, 5.74) is 0.300. The summed E-state index contributed by atoms with van der Waals surface area (Å²) in [6.07, 6.45) is 0. The maximum atomic E-state index is 11.8. The van der Waals surface area contributed by atoms with Crippen LogP contribution in [0.4, 0.5) is 5.69 Å². The number of aromatic nitrogens is 2. The molecule has 1 aromatic heterocycles. The maximum absolute atomic E-state index is 11.8. The van der Waals surface area contributed by atoms with E-state index in [1.807, 2.05) is 0 Å². The van der Waals surface area contributed by atoms with Crippen LogP contribution in [-0.2, 0) is 0 Å². The van der Waals surface area contributed by atoms with Gasteiger partial charge in [-0.2, -0.15) is 0 Å². The molecule has 0 atom stereocenters. The summed E-state index contributed by atoms with van der Waals surface area (Å²) < 4.78 is 0. The first-order valence-electron chi connectivity index (χ1n) is 4.65. The van der Waals surface area contributed by atoms with Crippen LogP contribution >= 0.6 is 46.4 Å². The van der Waals surface area contributed by atoms with Crippen LogP contribution in [0.2, 0.25) is 20.4 Å². The number of para-hydroxylation sites is 1. The van der Waals surface area contributed by atoms with Crippen molar-refractivity contribution in [3.05, 3.63) is 44.4 Å². The molecular formula is C10H5Cl5N3O-. The van der Waals surface area contributed by atoms with Crippen LogP contribution in [0.15, 0.2) is 18.2 Å². The van der Waals surface area contributed by atoms with E-state index in [2.05, 4.69) is 15.3 Å². The Balaban J connectivity index is 0.00000180. The van der Waals surface area contributed by atoms with Gasteiger partial charge in [0.05, 0.1) is 15.7 Å². The Morgan fingerprint density at radius 2 is 1.74 bits per heavy atom. The molecule has 4 nitrogen and oxygen atoms in total. The molecule has 0 fully saturated rings. The van der Waals surface area contributed by atoms with Crippen LogP contribution in [0.3, 0.4) is 0 Å². The van der Waals surface area contributed by atoms with E-state index in [4.69, 9.17) is 46.4 Å². The third kappa shape index (κ3) is 3.68. The first-order chi connectivity index (χ1) is 8.49. The van der Waals surface area contributed by atoms with Crippen LogP contribution in [0.1, 0.15) is 10.6 Å². The lowest BCUT2D eigenvalue weighted by Gasteiger charge is -2.07. The minimum absolute atomic E-state index is 0. The Kier molecular flexibility index (Phi) is 5.77. The minimum Gasteiger partial charge on any atom is -1.00 e. The molecule has 0 bridgehead atoms. The van der Waals surface area contributed by atoms with Crippen molar-refractivity contribution in [2.24, 2.45) is 0 Å². The van der Waals surface area contributed by atoms with Gasteiger partial charge in [-0.15, -0.1) is 0 Å². The highest BCUT2D eigenvalue weighted by molar-refractivity contribution is 6.41. The third-order valence-electron chi connectivity index (χ3n) is 2.04. The smallest absolute Gasteiger partial charge is 0.291 e. The van der Waals surface area contributed by atoms with Gasteiger partial charge in [-0.1, -0.05) is 52.5 Å². The Morgan fingerprint density at radius 3 is 2.21 bits per heavy atom. The van der Waals surface area contributed by atoms with E-state index in [0.717, 1.165) is 0 Å². The molecule has 19 heavy (non-hydrogen) atoms. The highest BCUT2D eigenvalue weighted by Gasteiger charge is 2.16. The molecular weight excluding hydrogens is 355 g/mol. The predicted molar refractivity (Wildman–Crippen MR) is 73.0 cm³/mol. The first-order valence-corrected chi connectivity index (χ1v) is 6.16. The molecule has 0 unspecified atom stereocenters. The van der Waals surface area contributed by atoms with Crippen molar-refractivity contribution in [3.8, 4) is 0 Å². The minimum atomic E-state index is -0.543. The van der Waals surface area contributed by atoms with E-state index < -0.39 is 5.91 Å². The average Bonchev–Trinajstić information content (AvgIpc) is 2.64. The number of rotatable bonds is 2. The third-order valence-corrected chi connectivity index (χ3v) is 3.31. The molecule has 0 aliphatic carbocycles. The van der Waals surface area contributed by atoms with Crippen LogP contribution in [0.25, 0.3) is 0 Å². The van der Waals surface area contributed by atoms with Gasteiger partial charge in [0.15, 0.2) is 11.0 Å². The molecule has 0 saturated heterocycles. The van der Waals surface area contributed by atoms with Crippen LogP contribution in [0.5, 0.6) is 0 Å². The van der Waals surface area contributed by atoms with Gasteiger partial charge < -0.3 is 22.7 Å². The number of aromatic amines is 1. The van der Waals surface area contributed by atoms with E-state index in [1.54, 1.807) is 18.2 Å². The quantitative estimate of drug-likeness (QED) is 0.848. The van der Waals surface area contributed by atoms with E-state index >= 15 is 0 Å². The Bertz CT molecular complexity index is 573. The van der Waals surface area contributed by atoms with Crippen molar-refractivity contribution in [3.63, 3.8) is 0 Å². The van der Waals surface area contributed by atoms with Gasteiger partial charge in [-0.3, -0.25) is 4.79 Å². The largest absolute Gasteiger partial charge is 1.00 e. The monoisotopic (exact) mass is 358 g/mol. The van der Waals surface area contributed by atoms with E-state index in [0.29, 0.717) is 15.7 Å². The lowest BCUT2D eigenvalue weighted by Crippen LogP contribution is -3.00. The summed E-state index contributed by atoms with van der Waals surface area (Å²) in [6, 6.07) is 4.87. The lowest BCUT2D eigenvalue weighted by molar-refractivity contribution is -0.0000108. The second-order valence-electron chi connectivity index (χ2n) is 3.24. The number of nitrogens with one attached hydrogen (secondary N) is 2. The zero-order valence-electron chi connectivity index (χ0n) is 8.98. The number of amides is 1. The lowest BCUT2D eigenvalue weighted by atomic mass is 10.3. The summed E-state index contributed by atoms with van der Waals surface area (Å²) in [6.45, 7) is 0. The molecule has 0 spiro atoms. The van der Waals surface area contributed by atoms with Crippen molar-refractivity contribution in [1.29, 1.82) is 0 Å². The molecule has 1 aromatic carbocycles. The summed E-state index contributed by atoms with van der Waals surface area (Å²) in [5, 5.41) is 3.27. The summed E-state index contributed by atoms with van der Waals surface area (Å²) in [5.74, 6) is -0.570. The number of hydrogen-bond donors (Lipinski definition) is 2. The molecule has 2 N–H and O–H groups in total. The van der Waals surface area contributed by atoms with Gasteiger partial charge in [0.25, 0.3) is 5.91 Å². The van der Waals surface area contributed by atoms with Crippen LogP contribution < -0.4 is 17.7 Å². The zero-order chi connectivity index (χ0) is 13.3. The van der Waals surface area contributed by atoms with Gasteiger partial charge >= 0.3 is 0 Å². The van der Waals surface area contributed by atoms with E-state index in [9.17, 15) is 4.79 Å². The fraction of sp³-hybridized carbons (Fsp3) is 0. The van der Waals surface area contributed by atoms with Gasteiger partial charge in [0, 0.05) is 0 Å². The number of carbonyl (C=O) groups excluding carboxylic acids is 1. The normalized spacial score (nSPS) is 9.89.